The molecule has 1 amide bonds. The smallest absolute Gasteiger partial charge is 0.228 e. The molecule has 2 aromatic rings. The summed E-state index contributed by atoms with van der Waals surface area (Å²) in [5, 5.41) is 5.47. The van der Waals surface area contributed by atoms with E-state index in [1.54, 1.807) is 0 Å². The lowest BCUT2D eigenvalue weighted by Gasteiger charge is -2.06. The van der Waals surface area contributed by atoms with E-state index in [0.29, 0.717) is 11.8 Å². The van der Waals surface area contributed by atoms with Gasteiger partial charge >= 0.3 is 0 Å². The quantitative estimate of drug-likeness (QED) is 0.834. The summed E-state index contributed by atoms with van der Waals surface area (Å²) in [4.78, 5) is 12.4. The Balaban J connectivity index is 1.66. The average Bonchev–Trinajstić information content (AvgIpc) is 3.15. The second-order valence-electron chi connectivity index (χ2n) is 6.24. The van der Waals surface area contributed by atoms with E-state index in [1.807, 2.05) is 18.2 Å². The van der Waals surface area contributed by atoms with Gasteiger partial charge in [-0.3, -0.25) is 4.79 Å². The van der Waals surface area contributed by atoms with Crippen LogP contribution in [0.4, 0.5) is 5.69 Å². The zero-order valence-electron chi connectivity index (χ0n) is 12.8. The Bertz CT molecular complexity index is 649. The van der Waals surface area contributed by atoms with E-state index in [2.05, 4.69) is 43.4 Å². The highest BCUT2D eigenvalue weighted by Crippen LogP contribution is 2.49. The van der Waals surface area contributed by atoms with Crippen molar-refractivity contribution >= 4 is 22.4 Å². The van der Waals surface area contributed by atoms with Gasteiger partial charge in [-0.05, 0) is 41.2 Å². The molecule has 2 nitrogen and oxygen atoms in total. The molecule has 110 valence electrons. The average molecular weight is 281 g/mol. The maximum Gasteiger partial charge on any atom is 0.228 e. The molecule has 0 spiro atoms. The van der Waals surface area contributed by atoms with Crippen molar-refractivity contribution in [3.05, 3.63) is 42.5 Å². The number of hydrogen-bond donors (Lipinski definition) is 1. The summed E-state index contributed by atoms with van der Waals surface area (Å²) in [5.41, 5.74) is 0.909. The van der Waals surface area contributed by atoms with Crippen LogP contribution in [0, 0.1) is 17.8 Å². The fraction of sp³-hybridized carbons (Fsp3) is 0.421. The highest BCUT2D eigenvalue weighted by Gasteiger charge is 2.50. The van der Waals surface area contributed by atoms with Crippen LogP contribution in [-0.4, -0.2) is 5.91 Å². The molecule has 0 aliphatic heterocycles. The molecule has 3 unspecified atom stereocenters. The molecule has 2 aromatic carbocycles. The summed E-state index contributed by atoms with van der Waals surface area (Å²) in [6, 6.07) is 14.3. The summed E-state index contributed by atoms with van der Waals surface area (Å²) in [7, 11) is 0. The molecule has 1 fully saturated rings. The molecule has 1 saturated carbocycles. The van der Waals surface area contributed by atoms with Gasteiger partial charge in [-0.1, -0.05) is 57.0 Å². The summed E-state index contributed by atoms with van der Waals surface area (Å²) in [6.07, 6.45) is 3.63. The van der Waals surface area contributed by atoms with Crippen molar-refractivity contribution in [2.24, 2.45) is 17.8 Å². The molecule has 0 aromatic heterocycles. The van der Waals surface area contributed by atoms with Crippen molar-refractivity contribution in [2.75, 3.05) is 5.32 Å². The lowest BCUT2D eigenvalue weighted by Crippen LogP contribution is -2.15. The fourth-order valence-electron chi connectivity index (χ4n) is 3.35. The number of amides is 1. The Kier molecular flexibility index (Phi) is 3.96. The van der Waals surface area contributed by atoms with Gasteiger partial charge in [-0.15, -0.1) is 0 Å². The van der Waals surface area contributed by atoms with Crippen molar-refractivity contribution in [2.45, 2.75) is 33.1 Å². The Morgan fingerprint density at radius 1 is 1.14 bits per heavy atom. The Morgan fingerprint density at radius 2 is 1.90 bits per heavy atom. The second kappa shape index (κ2) is 5.88. The van der Waals surface area contributed by atoms with E-state index in [0.717, 1.165) is 5.69 Å². The van der Waals surface area contributed by atoms with Gasteiger partial charge in [-0.25, -0.2) is 0 Å². The fourth-order valence-corrected chi connectivity index (χ4v) is 3.35. The molecule has 0 saturated heterocycles. The van der Waals surface area contributed by atoms with E-state index in [4.69, 9.17) is 0 Å². The first-order valence-electron chi connectivity index (χ1n) is 8.00. The molecule has 0 bridgehead atoms. The zero-order chi connectivity index (χ0) is 14.8. The molecule has 0 heterocycles. The number of rotatable bonds is 5. The summed E-state index contributed by atoms with van der Waals surface area (Å²) >= 11 is 0. The van der Waals surface area contributed by atoms with Crippen LogP contribution in [-0.2, 0) is 4.79 Å². The normalized spacial score (nSPS) is 24.0. The Hall–Kier alpha value is -1.83. The van der Waals surface area contributed by atoms with Crippen LogP contribution in [0.15, 0.2) is 42.5 Å². The van der Waals surface area contributed by atoms with Crippen LogP contribution in [0.1, 0.15) is 33.1 Å². The van der Waals surface area contributed by atoms with Crippen LogP contribution in [0.25, 0.3) is 10.8 Å². The minimum atomic E-state index is 0.193. The Labute approximate surface area is 126 Å². The van der Waals surface area contributed by atoms with Crippen LogP contribution in [0.3, 0.4) is 0 Å². The number of carbonyl (C=O) groups is 1. The lowest BCUT2D eigenvalue weighted by atomic mass is 10.1. The van der Waals surface area contributed by atoms with Gasteiger partial charge in [0.1, 0.15) is 0 Å². The topological polar surface area (TPSA) is 29.1 Å². The number of nitrogens with one attached hydrogen (secondary N) is 1. The van der Waals surface area contributed by atoms with E-state index in [-0.39, 0.29) is 11.8 Å². The number of hydrogen-bond acceptors (Lipinski definition) is 1. The monoisotopic (exact) mass is 281 g/mol. The first kappa shape index (κ1) is 14.1. The molecule has 1 aliphatic rings. The third-order valence-electron chi connectivity index (χ3n) is 4.77. The van der Waals surface area contributed by atoms with Crippen LogP contribution in [0.2, 0.25) is 0 Å². The van der Waals surface area contributed by atoms with Gasteiger partial charge in [0.25, 0.3) is 0 Å². The number of benzene rings is 2. The molecule has 3 rings (SSSR count). The van der Waals surface area contributed by atoms with Crippen molar-refractivity contribution in [3.63, 3.8) is 0 Å². The van der Waals surface area contributed by atoms with E-state index in [1.165, 1.54) is 30.0 Å². The highest BCUT2D eigenvalue weighted by atomic mass is 16.2. The molecular formula is C19H23NO. The van der Waals surface area contributed by atoms with Crippen LogP contribution >= 0.6 is 0 Å². The molecule has 2 heteroatoms. The molecular weight excluding hydrogens is 258 g/mol. The number of unbranched alkanes of at least 4 members (excludes halogenated alkanes) is 1. The number of anilines is 1. The van der Waals surface area contributed by atoms with Crippen LogP contribution in [0.5, 0.6) is 0 Å². The standard InChI is InChI=1S/C19H23NO/c1-3-4-9-17-13(2)18(17)19(21)20-16-11-10-14-7-5-6-8-15(14)12-16/h5-8,10-13,17-18H,3-4,9H2,1-2H3,(H,20,21). The van der Waals surface area contributed by atoms with Gasteiger partial charge in [0.05, 0.1) is 0 Å². The highest BCUT2D eigenvalue weighted by molar-refractivity contribution is 5.97. The minimum absolute atomic E-state index is 0.193. The molecule has 0 radical (unpaired) electrons. The summed E-state index contributed by atoms with van der Waals surface area (Å²) < 4.78 is 0. The predicted molar refractivity (Wildman–Crippen MR) is 88.2 cm³/mol. The maximum absolute atomic E-state index is 12.4. The molecule has 1 aliphatic carbocycles. The SMILES string of the molecule is CCCCC1C(C)C1C(=O)Nc1ccc2ccccc2c1. The first-order valence-corrected chi connectivity index (χ1v) is 8.00. The summed E-state index contributed by atoms with van der Waals surface area (Å²) in [6.45, 7) is 4.40. The van der Waals surface area contributed by atoms with Crippen LogP contribution < -0.4 is 5.32 Å². The van der Waals surface area contributed by atoms with Crippen molar-refractivity contribution < 1.29 is 4.79 Å². The van der Waals surface area contributed by atoms with Gasteiger partial charge < -0.3 is 5.32 Å². The largest absolute Gasteiger partial charge is 0.326 e. The zero-order valence-corrected chi connectivity index (χ0v) is 12.8. The van der Waals surface area contributed by atoms with E-state index < -0.39 is 0 Å². The van der Waals surface area contributed by atoms with Gasteiger partial charge in [0, 0.05) is 11.6 Å². The van der Waals surface area contributed by atoms with Gasteiger partial charge in [-0.2, -0.15) is 0 Å². The van der Waals surface area contributed by atoms with Crippen molar-refractivity contribution in [1.29, 1.82) is 0 Å². The number of fused-ring (bicyclic) bond motifs is 1. The molecule has 3 atom stereocenters. The number of carbonyl (C=O) groups excluding carboxylic acids is 1. The Morgan fingerprint density at radius 3 is 2.67 bits per heavy atom. The lowest BCUT2D eigenvalue weighted by molar-refractivity contribution is -0.117. The third kappa shape index (κ3) is 2.94. The minimum Gasteiger partial charge on any atom is -0.326 e. The first-order chi connectivity index (χ1) is 10.2. The molecule has 1 N–H and O–H groups in total. The van der Waals surface area contributed by atoms with Crippen molar-refractivity contribution in [1.82, 2.24) is 0 Å². The van der Waals surface area contributed by atoms with E-state index >= 15 is 0 Å². The van der Waals surface area contributed by atoms with Crippen molar-refractivity contribution in [3.8, 4) is 0 Å². The van der Waals surface area contributed by atoms with E-state index in [9.17, 15) is 4.79 Å². The molecule has 21 heavy (non-hydrogen) atoms. The predicted octanol–water partition coefficient (Wildman–Crippen LogP) is 4.85. The summed E-state index contributed by atoms with van der Waals surface area (Å²) in [5.74, 6) is 1.53. The third-order valence-corrected chi connectivity index (χ3v) is 4.77. The maximum atomic E-state index is 12.4. The van der Waals surface area contributed by atoms with Gasteiger partial charge in [0.15, 0.2) is 0 Å². The second-order valence-corrected chi connectivity index (χ2v) is 6.24. The van der Waals surface area contributed by atoms with Gasteiger partial charge in [0.2, 0.25) is 5.91 Å².